The van der Waals surface area contributed by atoms with Crippen molar-refractivity contribution in [1.82, 2.24) is 0 Å². The first kappa shape index (κ1) is 96.0. The molecular weight excluding hydrogens is 1460 g/mol. The standard InChI is InChI=1S/C105H155ClO10/c1-5-9-13-17-21-25-29-33-37-41-45-49-73-107-96-63-53-89(54-64-96)83-113-102-71-61-93(79-104(102)115-85-91-57-67-98(68-58-91)109-75-51-47-43-39-35-31-27-23-19-15-11-7-3)87-111-100-77-95(82-106)78-101(81-100)112-88-94-62-72-103(114-84-90-55-65-97(66-56-90)108-74-50-46-42-38-34-30-26-22-18-14-10-6-2)105(80-94)116-86-92-59-69-99(70-60-92)110-76-52-48-44-40-36-32-28-24-20-16-12-8-4/h53-72,77-81H,5-52,73-76,82-88H2,1-4H3. The van der Waals surface area contributed by atoms with E-state index in [1.54, 1.807) is 0 Å². The molecular formula is C105H155ClO10. The van der Waals surface area contributed by atoms with Crippen molar-refractivity contribution in [3.63, 3.8) is 0 Å². The monoisotopic (exact) mass is 1610 g/mol. The van der Waals surface area contributed by atoms with E-state index in [1.807, 2.05) is 103 Å². The van der Waals surface area contributed by atoms with Crippen LogP contribution in [0.5, 0.6) is 57.5 Å². The summed E-state index contributed by atoms with van der Waals surface area (Å²) in [6, 6.07) is 51.0. The predicted molar refractivity (Wildman–Crippen MR) is 487 cm³/mol. The molecule has 0 radical (unpaired) electrons. The molecule has 7 aromatic carbocycles. The quantitative estimate of drug-likeness (QED) is 0.0271. The lowest BCUT2D eigenvalue weighted by Crippen LogP contribution is -2.04. The molecule has 0 amide bonds. The smallest absolute Gasteiger partial charge is 0.162 e. The first-order valence-corrected chi connectivity index (χ1v) is 47.5. The molecule has 7 rings (SSSR count). The Bertz CT molecular complexity index is 3260. The van der Waals surface area contributed by atoms with Crippen LogP contribution in [0.1, 0.15) is 375 Å². The highest BCUT2D eigenvalue weighted by molar-refractivity contribution is 6.17. The van der Waals surface area contributed by atoms with Gasteiger partial charge < -0.3 is 47.4 Å². The number of hydrogen-bond donors (Lipinski definition) is 0. The van der Waals surface area contributed by atoms with Crippen LogP contribution in [0.15, 0.2) is 152 Å². The van der Waals surface area contributed by atoms with E-state index in [9.17, 15) is 0 Å². The molecule has 0 aliphatic heterocycles. The van der Waals surface area contributed by atoms with Gasteiger partial charge in [-0.25, -0.2) is 0 Å². The molecule has 0 atom stereocenters. The molecule has 0 heterocycles. The van der Waals surface area contributed by atoms with Crippen molar-refractivity contribution in [3.8, 4) is 57.5 Å². The molecule has 7 aromatic rings. The molecule has 0 unspecified atom stereocenters. The van der Waals surface area contributed by atoms with Crippen LogP contribution >= 0.6 is 11.6 Å². The number of alkyl halides is 1. The van der Waals surface area contributed by atoms with Gasteiger partial charge in [-0.15, -0.1) is 11.6 Å². The number of rotatable bonds is 75. The Hall–Kier alpha value is -7.17. The number of halogens is 1. The molecule has 0 aliphatic carbocycles. The van der Waals surface area contributed by atoms with Crippen molar-refractivity contribution < 1.29 is 47.4 Å². The maximum Gasteiger partial charge on any atom is 0.162 e. The summed E-state index contributed by atoms with van der Waals surface area (Å²) in [6.45, 7) is 14.0. The summed E-state index contributed by atoms with van der Waals surface area (Å²) in [5.74, 6) is 7.62. The number of ether oxygens (including phenoxy) is 10. The van der Waals surface area contributed by atoms with E-state index in [-0.39, 0.29) is 19.1 Å². The Kier molecular flexibility index (Phi) is 53.6. The summed E-state index contributed by atoms with van der Waals surface area (Å²) in [5, 5.41) is 0. The van der Waals surface area contributed by atoms with Gasteiger partial charge in [0, 0.05) is 11.9 Å². The lowest BCUT2D eigenvalue weighted by molar-refractivity contribution is 0.253. The van der Waals surface area contributed by atoms with Gasteiger partial charge in [-0.2, -0.15) is 0 Å². The van der Waals surface area contributed by atoms with Gasteiger partial charge in [-0.3, -0.25) is 0 Å². The van der Waals surface area contributed by atoms with E-state index in [0.717, 1.165) is 114 Å². The summed E-state index contributed by atoms with van der Waals surface area (Å²) in [4.78, 5) is 0. The summed E-state index contributed by atoms with van der Waals surface area (Å²) in [5.41, 5.74) is 6.84. The van der Waals surface area contributed by atoms with Gasteiger partial charge in [0.1, 0.15) is 74.1 Å². The fraction of sp³-hybridized carbons (Fsp3) is 0.600. The summed E-state index contributed by atoms with van der Waals surface area (Å²) < 4.78 is 64.4. The van der Waals surface area contributed by atoms with Crippen LogP contribution in [0, 0.1) is 0 Å². The minimum atomic E-state index is 0.266. The van der Waals surface area contributed by atoms with E-state index >= 15 is 0 Å². The lowest BCUT2D eigenvalue weighted by atomic mass is 10.1. The Morgan fingerprint density at radius 1 is 0.164 bits per heavy atom. The average molecular weight is 1610 g/mol. The van der Waals surface area contributed by atoms with Crippen molar-refractivity contribution in [2.45, 2.75) is 381 Å². The second-order valence-electron chi connectivity index (χ2n) is 32.8. The zero-order valence-electron chi connectivity index (χ0n) is 73.1. The van der Waals surface area contributed by atoms with Crippen molar-refractivity contribution in [2.24, 2.45) is 0 Å². The fourth-order valence-corrected chi connectivity index (χ4v) is 15.0. The predicted octanol–water partition coefficient (Wildman–Crippen LogP) is 32.2. The fourth-order valence-electron chi connectivity index (χ4n) is 14.9. The highest BCUT2D eigenvalue weighted by atomic mass is 35.5. The minimum Gasteiger partial charge on any atom is -0.494 e. The second-order valence-corrected chi connectivity index (χ2v) is 33.0. The highest BCUT2D eigenvalue weighted by Crippen LogP contribution is 2.35. The van der Waals surface area contributed by atoms with Crippen molar-refractivity contribution in [3.05, 3.63) is 191 Å². The number of unbranched alkanes of at least 4 members (excludes halogenated alkanes) is 44. The SMILES string of the molecule is CCCCCCCCCCCCCCOc1ccc(COc2ccc(COc3cc(CCl)cc(OCc4ccc(OCc5ccc(OCCCCCCCCCCCCCC)cc5)c(OCc5ccc(OCCCCCCCCCCCCCC)cc5)c4)c3)cc2OCc2ccc(OCCCCCCCCCCCCCC)cc2)cc1. The van der Waals surface area contributed by atoms with Crippen LogP contribution in [0.4, 0.5) is 0 Å². The van der Waals surface area contributed by atoms with E-state index in [1.165, 1.54) is 283 Å². The first-order valence-electron chi connectivity index (χ1n) is 47.0. The molecule has 0 spiro atoms. The molecule has 0 fully saturated rings. The van der Waals surface area contributed by atoms with Crippen LogP contribution in [0.2, 0.25) is 0 Å². The van der Waals surface area contributed by atoms with E-state index < -0.39 is 0 Å². The Labute approximate surface area is 710 Å². The zero-order valence-corrected chi connectivity index (χ0v) is 73.9. The molecule has 0 saturated carbocycles. The Balaban J connectivity index is 0.935. The summed E-state index contributed by atoms with van der Waals surface area (Å²) >= 11 is 6.59. The number of hydrogen-bond acceptors (Lipinski definition) is 10. The molecule has 0 aliphatic rings. The molecule has 11 heteroatoms. The molecule has 0 saturated heterocycles. The third-order valence-electron chi connectivity index (χ3n) is 22.3. The number of benzene rings is 7. The van der Waals surface area contributed by atoms with Crippen LogP contribution in [-0.4, -0.2) is 26.4 Å². The molecule has 642 valence electrons. The molecule has 0 aromatic heterocycles. The first-order chi connectivity index (χ1) is 57.4. The van der Waals surface area contributed by atoms with Crippen LogP contribution < -0.4 is 47.4 Å². The Morgan fingerprint density at radius 2 is 0.362 bits per heavy atom. The maximum atomic E-state index is 6.65. The van der Waals surface area contributed by atoms with Crippen molar-refractivity contribution >= 4 is 11.6 Å². The van der Waals surface area contributed by atoms with Gasteiger partial charge in [0.25, 0.3) is 0 Å². The van der Waals surface area contributed by atoms with Gasteiger partial charge in [0.05, 0.1) is 26.4 Å². The van der Waals surface area contributed by atoms with E-state index in [4.69, 9.17) is 59.0 Å². The van der Waals surface area contributed by atoms with Crippen molar-refractivity contribution in [2.75, 3.05) is 26.4 Å². The summed E-state index contributed by atoms with van der Waals surface area (Å²) in [7, 11) is 0. The largest absolute Gasteiger partial charge is 0.494 e. The van der Waals surface area contributed by atoms with Gasteiger partial charge in [-0.1, -0.05) is 371 Å². The minimum absolute atomic E-state index is 0.266. The van der Waals surface area contributed by atoms with Crippen LogP contribution in [0.3, 0.4) is 0 Å². The lowest BCUT2D eigenvalue weighted by Gasteiger charge is -2.16. The second kappa shape index (κ2) is 64.8. The third-order valence-corrected chi connectivity index (χ3v) is 22.6. The van der Waals surface area contributed by atoms with Gasteiger partial charge >= 0.3 is 0 Å². The third kappa shape index (κ3) is 45.1. The van der Waals surface area contributed by atoms with Crippen molar-refractivity contribution in [1.29, 1.82) is 0 Å². The molecule has 0 N–H and O–H groups in total. The normalized spacial score (nSPS) is 11.3. The van der Waals surface area contributed by atoms with Crippen LogP contribution in [0.25, 0.3) is 0 Å². The maximum absolute atomic E-state index is 6.65. The Morgan fingerprint density at radius 3 is 0.586 bits per heavy atom. The molecule has 0 bridgehead atoms. The highest BCUT2D eigenvalue weighted by Gasteiger charge is 2.15. The van der Waals surface area contributed by atoms with Gasteiger partial charge in [0.15, 0.2) is 23.0 Å². The van der Waals surface area contributed by atoms with E-state index in [0.29, 0.717) is 60.9 Å². The van der Waals surface area contributed by atoms with Crippen LogP contribution in [-0.2, 0) is 45.5 Å². The summed E-state index contributed by atoms with van der Waals surface area (Å²) in [6.07, 6.45) is 63.5. The zero-order chi connectivity index (χ0) is 81.3. The topological polar surface area (TPSA) is 92.3 Å². The average Bonchev–Trinajstić information content (AvgIpc) is 0.845. The van der Waals surface area contributed by atoms with E-state index in [2.05, 4.69) is 76.2 Å². The van der Waals surface area contributed by atoms with Gasteiger partial charge in [-0.05, 0) is 150 Å². The molecule has 10 nitrogen and oxygen atoms in total. The molecule has 116 heavy (non-hydrogen) atoms. The van der Waals surface area contributed by atoms with Gasteiger partial charge in [0.2, 0.25) is 0 Å².